The quantitative estimate of drug-likeness (QED) is 0.788. The summed E-state index contributed by atoms with van der Waals surface area (Å²) in [6, 6.07) is 0.418. The lowest BCUT2D eigenvalue weighted by molar-refractivity contribution is 0.0756. The van der Waals surface area contributed by atoms with E-state index in [4.69, 9.17) is 0 Å². The summed E-state index contributed by atoms with van der Waals surface area (Å²) in [6.45, 7) is 3.87. The van der Waals surface area contributed by atoms with Crippen molar-refractivity contribution in [3.63, 3.8) is 0 Å². The van der Waals surface area contributed by atoms with Gasteiger partial charge in [0.2, 0.25) is 0 Å². The van der Waals surface area contributed by atoms with Crippen LogP contribution in [0.4, 0.5) is 0 Å². The fraction of sp³-hybridized carbons (Fsp3) is 1.00. The number of rotatable bonds is 5. The Morgan fingerprint density at radius 2 is 1.94 bits per heavy atom. The maximum atomic E-state index is 9.62. The molecule has 1 aliphatic carbocycles. The fourth-order valence-corrected chi connectivity index (χ4v) is 3.97. The van der Waals surface area contributed by atoms with Crippen LogP contribution >= 0.6 is 0 Å². The Hall–Kier alpha value is -0.120. The van der Waals surface area contributed by atoms with Gasteiger partial charge < -0.3 is 10.4 Å². The monoisotopic (exact) mass is 254 g/mol. The van der Waals surface area contributed by atoms with E-state index in [0.29, 0.717) is 18.1 Å². The first-order valence-corrected chi connectivity index (χ1v) is 7.79. The average molecular weight is 254 g/mol. The summed E-state index contributed by atoms with van der Waals surface area (Å²) in [5, 5.41) is 13.0. The van der Waals surface area contributed by atoms with Gasteiger partial charge in [0.1, 0.15) is 0 Å². The van der Waals surface area contributed by atoms with Crippen molar-refractivity contribution in [3.8, 4) is 0 Å². The van der Waals surface area contributed by atoms with E-state index in [-0.39, 0.29) is 0 Å². The van der Waals surface area contributed by atoms with Crippen LogP contribution in [0.15, 0.2) is 0 Å². The highest BCUT2D eigenvalue weighted by atomic mass is 16.3. The van der Waals surface area contributed by atoms with Gasteiger partial charge in [0.25, 0.3) is 0 Å². The predicted molar refractivity (Wildman–Crippen MR) is 75.7 cm³/mol. The largest absolute Gasteiger partial charge is 0.395 e. The summed E-state index contributed by atoms with van der Waals surface area (Å²) < 4.78 is 0. The molecule has 0 aromatic heterocycles. The highest BCUT2D eigenvalue weighted by molar-refractivity contribution is 4.91. The molecule has 2 aliphatic rings. The van der Waals surface area contributed by atoms with Crippen molar-refractivity contribution in [2.75, 3.05) is 33.3 Å². The van der Waals surface area contributed by atoms with Gasteiger partial charge >= 0.3 is 0 Å². The van der Waals surface area contributed by atoms with E-state index in [9.17, 15) is 5.11 Å². The van der Waals surface area contributed by atoms with Crippen molar-refractivity contribution in [1.29, 1.82) is 0 Å². The predicted octanol–water partition coefficient (Wildman–Crippen LogP) is 2.00. The van der Waals surface area contributed by atoms with Gasteiger partial charge in [-0.2, -0.15) is 0 Å². The highest BCUT2D eigenvalue weighted by Crippen LogP contribution is 2.39. The van der Waals surface area contributed by atoms with E-state index in [0.717, 1.165) is 6.54 Å². The lowest BCUT2D eigenvalue weighted by atomic mass is 9.85. The second-order valence-corrected chi connectivity index (χ2v) is 6.39. The van der Waals surface area contributed by atoms with Crippen molar-refractivity contribution in [2.45, 2.75) is 57.4 Å². The molecule has 3 nitrogen and oxygen atoms in total. The van der Waals surface area contributed by atoms with Crippen LogP contribution in [-0.4, -0.2) is 49.3 Å². The zero-order chi connectivity index (χ0) is 12.8. The molecule has 2 fully saturated rings. The van der Waals surface area contributed by atoms with Crippen LogP contribution in [0.2, 0.25) is 0 Å². The van der Waals surface area contributed by atoms with Crippen molar-refractivity contribution >= 4 is 0 Å². The minimum absolute atomic E-state index is 0.343. The van der Waals surface area contributed by atoms with Gasteiger partial charge in [-0.05, 0) is 44.7 Å². The maximum Gasteiger partial charge on any atom is 0.0586 e. The van der Waals surface area contributed by atoms with E-state index >= 15 is 0 Å². The summed E-state index contributed by atoms with van der Waals surface area (Å²) in [7, 11) is 2.08. The smallest absolute Gasteiger partial charge is 0.0586 e. The third-order valence-corrected chi connectivity index (χ3v) is 4.96. The van der Waals surface area contributed by atoms with Gasteiger partial charge in [0.15, 0.2) is 0 Å². The topological polar surface area (TPSA) is 35.5 Å². The molecule has 1 atom stereocenters. The Kier molecular flexibility index (Phi) is 5.46. The van der Waals surface area contributed by atoms with Crippen LogP contribution in [0.1, 0.15) is 51.4 Å². The SMILES string of the molecule is CNCC1(CN2CCCCCC2CO)CCCC1. The first-order valence-electron chi connectivity index (χ1n) is 7.79. The van der Waals surface area contributed by atoms with Crippen molar-refractivity contribution in [1.82, 2.24) is 10.2 Å². The number of aliphatic hydroxyl groups excluding tert-OH is 1. The van der Waals surface area contributed by atoms with Crippen LogP contribution < -0.4 is 5.32 Å². The molecular weight excluding hydrogens is 224 g/mol. The summed E-state index contributed by atoms with van der Waals surface area (Å²) in [5.41, 5.74) is 0.479. The molecule has 1 saturated carbocycles. The Morgan fingerprint density at radius 3 is 2.61 bits per heavy atom. The molecule has 0 aromatic carbocycles. The second kappa shape index (κ2) is 6.88. The zero-order valence-corrected chi connectivity index (χ0v) is 12.0. The summed E-state index contributed by atoms with van der Waals surface area (Å²) >= 11 is 0. The van der Waals surface area contributed by atoms with Gasteiger partial charge in [-0.15, -0.1) is 0 Å². The number of hydrogen-bond donors (Lipinski definition) is 2. The first-order chi connectivity index (χ1) is 8.79. The fourth-order valence-electron chi connectivity index (χ4n) is 3.97. The minimum atomic E-state index is 0.343. The molecule has 0 spiro atoms. The zero-order valence-electron chi connectivity index (χ0n) is 12.0. The lowest BCUT2D eigenvalue weighted by Gasteiger charge is -2.38. The Morgan fingerprint density at radius 1 is 1.17 bits per heavy atom. The van der Waals surface area contributed by atoms with E-state index in [1.165, 1.54) is 64.5 Å². The molecule has 0 bridgehead atoms. The number of aliphatic hydroxyl groups is 1. The van der Waals surface area contributed by atoms with Gasteiger partial charge in [-0.3, -0.25) is 4.90 Å². The van der Waals surface area contributed by atoms with Crippen LogP contribution in [-0.2, 0) is 0 Å². The molecule has 18 heavy (non-hydrogen) atoms. The molecule has 106 valence electrons. The summed E-state index contributed by atoms with van der Waals surface area (Å²) in [6.07, 6.45) is 10.6. The number of nitrogens with zero attached hydrogens (tertiary/aromatic N) is 1. The van der Waals surface area contributed by atoms with Gasteiger partial charge in [-0.1, -0.05) is 25.7 Å². The van der Waals surface area contributed by atoms with Crippen molar-refractivity contribution in [2.24, 2.45) is 5.41 Å². The first kappa shape index (κ1) is 14.3. The lowest BCUT2D eigenvalue weighted by Crippen LogP contribution is -2.47. The van der Waals surface area contributed by atoms with E-state index < -0.39 is 0 Å². The molecule has 2 N–H and O–H groups in total. The number of likely N-dealkylation sites (tertiary alicyclic amines) is 1. The van der Waals surface area contributed by atoms with Gasteiger partial charge in [-0.25, -0.2) is 0 Å². The van der Waals surface area contributed by atoms with E-state index in [1.807, 2.05) is 0 Å². The van der Waals surface area contributed by atoms with Gasteiger partial charge in [0, 0.05) is 19.1 Å². The Bertz CT molecular complexity index is 239. The summed E-state index contributed by atoms with van der Waals surface area (Å²) in [5.74, 6) is 0. The third kappa shape index (κ3) is 3.46. The van der Waals surface area contributed by atoms with Crippen molar-refractivity contribution in [3.05, 3.63) is 0 Å². The van der Waals surface area contributed by atoms with E-state index in [2.05, 4.69) is 17.3 Å². The molecule has 0 aromatic rings. The van der Waals surface area contributed by atoms with Crippen LogP contribution in [0.3, 0.4) is 0 Å². The van der Waals surface area contributed by atoms with Crippen LogP contribution in [0, 0.1) is 5.41 Å². The molecular formula is C15H30N2O. The van der Waals surface area contributed by atoms with Crippen LogP contribution in [0.25, 0.3) is 0 Å². The molecule has 1 saturated heterocycles. The Labute approximate surface area is 112 Å². The second-order valence-electron chi connectivity index (χ2n) is 6.39. The normalized spacial score (nSPS) is 29.3. The molecule has 2 rings (SSSR count). The van der Waals surface area contributed by atoms with Crippen LogP contribution in [0.5, 0.6) is 0 Å². The van der Waals surface area contributed by atoms with E-state index in [1.54, 1.807) is 0 Å². The standard InChI is InChI=1S/C15H30N2O/c1-16-12-15(8-4-5-9-15)13-17-10-6-2-3-7-14(17)11-18/h14,16,18H,2-13H2,1H3. The average Bonchev–Trinajstić information content (AvgIpc) is 2.70. The summed E-state index contributed by atoms with van der Waals surface area (Å²) in [4.78, 5) is 2.59. The molecule has 1 aliphatic heterocycles. The molecule has 0 radical (unpaired) electrons. The third-order valence-electron chi connectivity index (χ3n) is 4.96. The molecule has 1 heterocycles. The number of hydrogen-bond acceptors (Lipinski definition) is 3. The Balaban J connectivity index is 1.99. The molecule has 1 unspecified atom stereocenters. The maximum absolute atomic E-state index is 9.62. The minimum Gasteiger partial charge on any atom is -0.395 e. The van der Waals surface area contributed by atoms with Gasteiger partial charge in [0.05, 0.1) is 6.61 Å². The number of nitrogens with one attached hydrogen (secondary N) is 1. The van der Waals surface area contributed by atoms with Crippen molar-refractivity contribution < 1.29 is 5.11 Å². The molecule has 3 heteroatoms. The highest BCUT2D eigenvalue weighted by Gasteiger charge is 2.36. The molecule has 0 amide bonds.